The number of amides is 2. The number of nitrogens with one attached hydrogen (secondary N) is 1. The van der Waals surface area contributed by atoms with Crippen molar-refractivity contribution < 1.29 is 19.5 Å². The molecule has 3 atom stereocenters. The van der Waals surface area contributed by atoms with Crippen LogP contribution in [-0.4, -0.2) is 63.6 Å². The number of carbonyl (C=O) groups excluding carboxylic acids is 2. The largest absolute Gasteiger partial charge is 0.733 e. The summed E-state index contributed by atoms with van der Waals surface area (Å²) in [5.41, 5.74) is 3.47. The molecule has 0 bridgehead atoms. The van der Waals surface area contributed by atoms with E-state index in [1.165, 1.54) is 6.07 Å². The third-order valence-electron chi connectivity index (χ3n) is 7.20. The van der Waals surface area contributed by atoms with Gasteiger partial charge in [-0.05, 0) is 42.2 Å². The number of hydrogen-bond acceptors (Lipinski definition) is 6. The molecule has 176 valence electrons. The highest BCUT2D eigenvalue weighted by Crippen LogP contribution is 2.43. The van der Waals surface area contributed by atoms with Crippen molar-refractivity contribution in [2.45, 2.75) is 37.5 Å². The van der Waals surface area contributed by atoms with E-state index in [2.05, 4.69) is 4.98 Å². The lowest BCUT2D eigenvalue weighted by atomic mass is 9.86. The lowest BCUT2D eigenvalue weighted by Crippen LogP contribution is -2.63. The standard InChI is InChI=1S/C25H25N4O5/c30-22-14-27(13-17-7-4-10-34-17)25(31)21-12-19-18-8-1-2-9-20(18)26-23(19)24(28(21)22)15-5-3-6-16(11-15)29(32)33/h1-3,5-6,8-9,11,17,21,24,26,32H,4,7,10,12-14H2/q-1/t17?,21-,24?/m0/s1. The Bertz CT molecular complexity index is 1270. The van der Waals surface area contributed by atoms with E-state index in [0.29, 0.717) is 25.1 Å². The first-order valence-corrected chi connectivity index (χ1v) is 11.6. The number of carbonyl (C=O) groups is 2. The zero-order valence-electron chi connectivity index (χ0n) is 18.5. The highest BCUT2D eigenvalue weighted by Gasteiger charge is 2.48. The summed E-state index contributed by atoms with van der Waals surface area (Å²) < 4.78 is 5.72. The topological polar surface area (TPSA) is 112 Å². The van der Waals surface area contributed by atoms with E-state index < -0.39 is 12.1 Å². The second-order valence-electron chi connectivity index (χ2n) is 9.21. The first-order valence-electron chi connectivity index (χ1n) is 11.6. The van der Waals surface area contributed by atoms with E-state index >= 15 is 0 Å². The van der Waals surface area contributed by atoms with Crippen molar-refractivity contribution >= 4 is 28.4 Å². The van der Waals surface area contributed by atoms with Crippen molar-refractivity contribution in [2.75, 3.05) is 24.9 Å². The van der Waals surface area contributed by atoms with Crippen molar-refractivity contribution in [3.05, 3.63) is 70.6 Å². The van der Waals surface area contributed by atoms with Gasteiger partial charge in [0.1, 0.15) is 6.04 Å². The summed E-state index contributed by atoms with van der Waals surface area (Å²) >= 11 is 0. The van der Waals surface area contributed by atoms with Crippen LogP contribution in [0.2, 0.25) is 0 Å². The van der Waals surface area contributed by atoms with Crippen LogP contribution in [0.25, 0.3) is 10.9 Å². The van der Waals surface area contributed by atoms with Gasteiger partial charge in [-0.2, -0.15) is 0 Å². The summed E-state index contributed by atoms with van der Waals surface area (Å²) in [4.78, 5) is 34.0. The van der Waals surface area contributed by atoms with Crippen LogP contribution < -0.4 is 5.23 Å². The van der Waals surface area contributed by atoms with Crippen molar-refractivity contribution in [1.82, 2.24) is 14.8 Å². The molecule has 2 N–H and O–H groups in total. The van der Waals surface area contributed by atoms with E-state index in [0.717, 1.165) is 35.0 Å². The quantitative estimate of drug-likeness (QED) is 0.578. The molecular weight excluding hydrogens is 436 g/mol. The molecule has 0 saturated carbocycles. The molecule has 2 fully saturated rings. The normalized spacial score (nSPS) is 24.5. The van der Waals surface area contributed by atoms with Gasteiger partial charge in [-0.15, -0.1) is 0 Å². The first-order chi connectivity index (χ1) is 16.5. The molecular formula is C25H25N4O5-. The Balaban J connectivity index is 1.46. The van der Waals surface area contributed by atoms with Gasteiger partial charge >= 0.3 is 0 Å². The second kappa shape index (κ2) is 8.12. The maximum Gasteiger partial charge on any atom is 0.246 e. The van der Waals surface area contributed by atoms with Crippen LogP contribution in [-0.2, 0) is 20.7 Å². The number of aromatic amines is 1. The van der Waals surface area contributed by atoms with E-state index in [4.69, 9.17) is 4.74 Å². The molecule has 2 saturated heterocycles. The molecule has 4 heterocycles. The minimum Gasteiger partial charge on any atom is -0.733 e. The molecule has 2 amide bonds. The van der Waals surface area contributed by atoms with E-state index in [1.54, 1.807) is 21.9 Å². The summed E-state index contributed by atoms with van der Waals surface area (Å²) in [5.74, 6) is -0.231. The number of benzene rings is 2. The molecule has 2 unspecified atom stereocenters. The van der Waals surface area contributed by atoms with Gasteiger partial charge in [0.2, 0.25) is 11.8 Å². The summed E-state index contributed by atoms with van der Waals surface area (Å²) in [5, 5.41) is 21.9. The van der Waals surface area contributed by atoms with Gasteiger partial charge in [-0.3, -0.25) is 14.8 Å². The van der Waals surface area contributed by atoms with Gasteiger partial charge in [-0.1, -0.05) is 30.3 Å². The highest BCUT2D eigenvalue weighted by atomic mass is 16.8. The summed E-state index contributed by atoms with van der Waals surface area (Å²) in [7, 11) is 0. The van der Waals surface area contributed by atoms with Crippen LogP contribution in [0, 0.1) is 5.21 Å². The number of fused-ring (bicyclic) bond motifs is 4. The van der Waals surface area contributed by atoms with Gasteiger partial charge in [0.25, 0.3) is 0 Å². The molecule has 3 aliphatic heterocycles. The average molecular weight is 461 g/mol. The number of nitrogens with zero attached hydrogens (tertiary/aromatic N) is 3. The zero-order valence-corrected chi connectivity index (χ0v) is 18.5. The Morgan fingerprint density at radius 1 is 1.18 bits per heavy atom. The molecule has 0 aliphatic carbocycles. The molecule has 3 aromatic rings. The fourth-order valence-corrected chi connectivity index (χ4v) is 5.67. The smallest absolute Gasteiger partial charge is 0.246 e. The van der Waals surface area contributed by atoms with Crippen molar-refractivity contribution in [3.8, 4) is 0 Å². The van der Waals surface area contributed by atoms with Crippen LogP contribution >= 0.6 is 0 Å². The predicted octanol–water partition coefficient (Wildman–Crippen LogP) is 2.73. The molecule has 6 rings (SSSR count). The predicted molar refractivity (Wildman–Crippen MR) is 124 cm³/mol. The Morgan fingerprint density at radius 2 is 2.03 bits per heavy atom. The van der Waals surface area contributed by atoms with E-state index in [-0.39, 0.29) is 35.4 Å². The number of hydrogen-bond donors (Lipinski definition) is 2. The van der Waals surface area contributed by atoms with Crippen LogP contribution in [0.5, 0.6) is 0 Å². The maximum atomic E-state index is 13.7. The van der Waals surface area contributed by atoms with E-state index in [1.807, 2.05) is 30.3 Å². The molecule has 0 spiro atoms. The molecule has 3 aliphatic rings. The first kappa shape index (κ1) is 21.2. The van der Waals surface area contributed by atoms with Gasteiger partial charge in [0, 0.05) is 36.2 Å². The molecule has 2 aromatic carbocycles. The van der Waals surface area contributed by atoms with E-state index in [9.17, 15) is 20.0 Å². The fraction of sp³-hybridized carbons (Fsp3) is 0.360. The van der Waals surface area contributed by atoms with Crippen LogP contribution in [0.4, 0.5) is 5.69 Å². The van der Waals surface area contributed by atoms with Crippen molar-refractivity contribution in [3.63, 3.8) is 0 Å². The zero-order chi connectivity index (χ0) is 23.4. The average Bonchev–Trinajstić information content (AvgIpc) is 3.48. The van der Waals surface area contributed by atoms with Crippen molar-refractivity contribution in [1.29, 1.82) is 0 Å². The highest BCUT2D eigenvalue weighted by molar-refractivity contribution is 5.97. The lowest BCUT2D eigenvalue weighted by molar-refractivity contribution is -0.159. The number of ether oxygens (including phenoxy) is 1. The minimum atomic E-state index is -0.652. The third-order valence-corrected chi connectivity index (χ3v) is 7.20. The third kappa shape index (κ3) is 3.35. The number of para-hydroxylation sites is 1. The van der Waals surface area contributed by atoms with Crippen molar-refractivity contribution in [2.24, 2.45) is 0 Å². The Hall–Kier alpha value is -3.40. The van der Waals surface area contributed by atoms with Gasteiger partial charge in [-0.25, -0.2) is 0 Å². The fourth-order valence-electron chi connectivity index (χ4n) is 5.67. The van der Waals surface area contributed by atoms with Crippen LogP contribution in [0.15, 0.2) is 48.5 Å². The summed E-state index contributed by atoms with van der Waals surface area (Å²) in [6.07, 6.45) is 2.24. The lowest BCUT2D eigenvalue weighted by Gasteiger charge is -2.47. The Morgan fingerprint density at radius 3 is 2.82 bits per heavy atom. The number of aromatic nitrogens is 1. The Kier molecular flexibility index (Phi) is 5.05. The molecule has 9 heteroatoms. The maximum absolute atomic E-state index is 13.7. The number of piperazine rings is 1. The Labute approximate surface area is 196 Å². The molecule has 0 radical (unpaired) electrons. The SMILES string of the molecule is O=C1[C@@H]2Cc3c([nH]c4ccccc34)C(c3cccc(N([O-])O)c3)N2C(=O)CN1CC1CCCO1. The number of anilines is 1. The monoisotopic (exact) mass is 461 g/mol. The van der Waals surface area contributed by atoms with Gasteiger partial charge in [0.15, 0.2) is 0 Å². The molecule has 34 heavy (non-hydrogen) atoms. The van der Waals surface area contributed by atoms with Gasteiger partial charge in [0.05, 0.1) is 24.4 Å². The van der Waals surface area contributed by atoms with Crippen LogP contribution in [0.3, 0.4) is 0 Å². The summed E-state index contributed by atoms with van der Waals surface area (Å²) in [6, 6.07) is 13.2. The van der Waals surface area contributed by atoms with Gasteiger partial charge < -0.3 is 30.0 Å². The second-order valence-corrected chi connectivity index (χ2v) is 9.21. The summed E-state index contributed by atoms with van der Waals surface area (Å²) in [6.45, 7) is 1.11. The number of rotatable bonds is 4. The number of H-pyrrole nitrogens is 1. The minimum absolute atomic E-state index is 0.00533. The van der Waals surface area contributed by atoms with Crippen LogP contribution in [0.1, 0.15) is 35.7 Å². The molecule has 9 nitrogen and oxygen atoms in total. The molecule has 1 aromatic heterocycles.